The smallest absolute Gasteiger partial charge is 0.270 e. The Morgan fingerprint density at radius 3 is 2.50 bits per heavy atom. The van der Waals surface area contributed by atoms with Gasteiger partial charge in [0.15, 0.2) is 0 Å². The number of aromatic nitrogens is 1. The molecule has 0 aliphatic carbocycles. The van der Waals surface area contributed by atoms with Crippen LogP contribution in [0.2, 0.25) is 0 Å². The second-order valence-electron chi connectivity index (χ2n) is 5.42. The summed E-state index contributed by atoms with van der Waals surface area (Å²) in [7, 11) is 0. The van der Waals surface area contributed by atoms with Crippen LogP contribution in [0.1, 0.15) is 11.3 Å². The van der Waals surface area contributed by atoms with E-state index in [-0.39, 0.29) is 12.1 Å². The number of fused-ring (bicyclic) bond motifs is 1. The molecular formula is C18H13N2O4-. The van der Waals surface area contributed by atoms with Crippen molar-refractivity contribution in [2.75, 3.05) is 0 Å². The molecule has 6 nitrogen and oxygen atoms in total. The molecule has 0 N–H and O–H groups in total. The first kappa shape index (κ1) is 15.6. The normalized spacial score (nSPS) is 10.7. The number of hydrogen-bond donors (Lipinski definition) is 0. The zero-order valence-corrected chi connectivity index (χ0v) is 12.9. The predicted molar refractivity (Wildman–Crippen MR) is 87.3 cm³/mol. The fourth-order valence-electron chi connectivity index (χ4n) is 2.82. The molecule has 3 aromatic rings. The average Bonchev–Trinajstić information content (AvgIpc) is 2.55. The number of carbonyl (C=O) groups is 1. The molecule has 0 unspecified atom stereocenters. The summed E-state index contributed by atoms with van der Waals surface area (Å²) in [6, 6.07) is 13.6. The summed E-state index contributed by atoms with van der Waals surface area (Å²) in [6.45, 7) is 1.73. The lowest BCUT2D eigenvalue weighted by molar-refractivity contribution is -0.384. The number of nitro benzene ring substituents is 1. The quantitative estimate of drug-likeness (QED) is 0.543. The van der Waals surface area contributed by atoms with Gasteiger partial charge in [0, 0.05) is 35.6 Å². The van der Waals surface area contributed by atoms with Crippen LogP contribution < -0.4 is 5.11 Å². The standard InChI is InChI=1S/C18H14N2O4/c1-11-14(10-17(21)22)18(12-5-3-2-4-6-12)15-9-13(20(23)24)7-8-16(15)19-11/h2-9H,10H2,1H3,(H,21,22)/p-1. The zero-order chi connectivity index (χ0) is 17.3. The zero-order valence-electron chi connectivity index (χ0n) is 12.9. The summed E-state index contributed by atoms with van der Waals surface area (Å²) >= 11 is 0. The van der Waals surface area contributed by atoms with Gasteiger partial charge in [-0.2, -0.15) is 0 Å². The number of carboxylic acids is 1. The van der Waals surface area contributed by atoms with E-state index in [0.29, 0.717) is 27.7 Å². The highest BCUT2D eigenvalue weighted by Crippen LogP contribution is 2.35. The van der Waals surface area contributed by atoms with Gasteiger partial charge >= 0.3 is 0 Å². The first-order valence-electron chi connectivity index (χ1n) is 7.30. The van der Waals surface area contributed by atoms with Gasteiger partial charge in [0.25, 0.3) is 5.69 Å². The number of carbonyl (C=O) groups excluding carboxylic acids is 1. The third-order valence-corrected chi connectivity index (χ3v) is 3.87. The first-order valence-corrected chi connectivity index (χ1v) is 7.30. The second-order valence-corrected chi connectivity index (χ2v) is 5.42. The Morgan fingerprint density at radius 2 is 1.88 bits per heavy atom. The van der Waals surface area contributed by atoms with Crippen LogP contribution in [0.15, 0.2) is 48.5 Å². The Balaban J connectivity index is 2.42. The maximum atomic E-state index is 11.2. The Hall–Kier alpha value is -3.28. The van der Waals surface area contributed by atoms with Crippen LogP contribution in [0.4, 0.5) is 5.69 Å². The highest BCUT2D eigenvalue weighted by Gasteiger charge is 2.17. The van der Waals surface area contributed by atoms with Crippen molar-refractivity contribution in [1.82, 2.24) is 4.98 Å². The van der Waals surface area contributed by atoms with E-state index in [2.05, 4.69) is 4.98 Å². The van der Waals surface area contributed by atoms with Crippen LogP contribution in [0.5, 0.6) is 0 Å². The number of aryl methyl sites for hydroxylation is 1. The molecule has 24 heavy (non-hydrogen) atoms. The molecule has 6 heteroatoms. The Morgan fingerprint density at radius 1 is 1.17 bits per heavy atom. The van der Waals surface area contributed by atoms with E-state index in [0.717, 1.165) is 5.56 Å². The number of nitrogens with zero attached hydrogens (tertiary/aromatic N) is 2. The molecule has 0 radical (unpaired) electrons. The van der Waals surface area contributed by atoms with Crippen LogP contribution in [0, 0.1) is 17.0 Å². The molecule has 0 aliphatic heterocycles. The van der Waals surface area contributed by atoms with Crippen molar-refractivity contribution in [2.24, 2.45) is 0 Å². The third kappa shape index (κ3) is 2.81. The van der Waals surface area contributed by atoms with Gasteiger partial charge in [-0.3, -0.25) is 15.1 Å². The third-order valence-electron chi connectivity index (χ3n) is 3.87. The van der Waals surface area contributed by atoms with Gasteiger partial charge in [0.1, 0.15) is 0 Å². The van der Waals surface area contributed by atoms with Crippen LogP contribution >= 0.6 is 0 Å². The molecular weight excluding hydrogens is 308 g/mol. The lowest BCUT2D eigenvalue weighted by atomic mass is 9.92. The molecule has 120 valence electrons. The minimum atomic E-state index is -1.22. The molecule has 1 aromatic heterocycles. The number of non-ortho nitro benzene ring substituents is 1. The summed E-state index contributed by atoms with van der Waals surface area (Å²) in [5, 5.41) is 22.8. The van der Waals surface area contributed by atoms with Crippen molar-refractivity contribution >= 4 is 22.6 Å². The average molecular weight is 321 g/mol. The summed E-state index contributed by atoms with van der Waals surface area (Å²) < 4.78 is 0. The number of carboxylic acid groups (broad SMARTS) is 1. The number of pyridine rings is 1. The Bertz CT molecular complexity index is 952. The summed E-state index contributed by atoms with van der Waals surface area (Å²) in [5.74, 6) is -1.22. The molecule has 0 spiro atoms. The molecule has 1 heterocycles. The van der Waals surface area contributed by atoms with Crippen molar-refractivity contribution in [2.45, 2.75) is 13.3 Å². The molecule has 0 aliphatic rings. The minimum absolute atomic E-state index is 0.0651. The number of rotatable bonds is 4. The summed E-state index contributed by atoms with van der Waals surface area (Å²) in [5.41, 5.74) is 3.02. The second kappa shape index (κ2) is 6.08. The molecule has 2 aromatic carbocycles. The lowest BCUT2D eigenvalue weighted by Gasteiger charge is -2.16. The summed E-state index contributed by atoms with van der Waals surface area (Å²) in [6.07, 6.45) is -0.304. The Labute approximate surface area is 137 Å². The van der Waals surface area contributed by atoms with Gasteiger partial charge in [-0.1, -0.05) is 30.3 Å². The van der Waals surface area contributed by atoms with Gasteiger partial charge in [0.05, 0.1) is 10.4 Å². The van der Waals surface area contributed by atoms with E-state index in [1.165, 1.54) is 12.1 Å². The minimum Gasteiger partial charge on any atom is -0.550 e. The molecule has 0 amide bonds. The molecule has 0 saturated carbocycles. The molecule has 3 rings (SSSR count). The van der Waals surface area contributed by atoms with Gasteiger partial charge in [-0.15, -0.1) is 0 Å². The number of benzene rings is 2. The van der Waals surface area contributed by atoms with Crippen molar-refractivity contribution in [3.05, 3.63) is 69.9 Å². The monoisotopic (exact) mass is 321 g/mol. The number of hydrogen-bond acceptors (Lipinski definition) is 5. The largest absolute Gasteiger partial charge is 0.550 e. The first-order chi connectivity index (χ1) is 11.5. The van der Waals surface area contributed by atoms with E-state index in [9.17, 15) is 20.0 Å². The van der Waals surface area contributed by atoms with Crippen LogP contribution in [-0.2, 0) is 11.2 Å². The van der Waals surface area contributed by atoms with Crippen molar-refractivity contribution < 1.29 is 14.8 Å². The van der Waals surface area contributed by atoms with Crippen LogP contribution in [0.25, 0.3) is 22.0 Å². The maximum Gasteiger partial charge on any atom is 0.270 e. The van der Waals surface area contributed by atoms with Crippen LogP contribution in [-0.4, -0.2) is 15.9 Å². The van der Waals surface area contributed by atoms with Crippen molar-refractivity contribution in [3.8, 4) is 11.1 Å². The lowest BCUT2D eigenvalue weighted by Crippen LogP contribution is -2.25. The van der Waals surface area contributed by atoms with Crippen LogP contribution in [0.3, 0.4) is 0 Å². The Kier molecular flexibility index (Phi) is 3.95. The maximum absolute atomic E-state index is 11.2. The topological polar surface area (TPSA) is 96.2 Å². The highest BCUT2D eigenvalue weighted by atomic mass is 16.6. The molecule has 0 bridgehead atoms. The van der Waals surface area contributed by atoms with Gasteiger partial charge < -0.3 is 9.90 Å². The van der Waals surface area contributed by atoms with Crippen molar-refractivity contribution in [1.29, 1.82) is 0 Å². The highest BCUT2D eigenvalue weighted by molar-refractivity contribution is 5.98. The fourth-order valence-corrected chi connectivity index (χ4v) is 2.82. The molecule has 0 fully saturated rings. The van der Waals surface area contributed by atoms with E-state index in [4.69, 9.17) is 0 Å². The predicted octanol–water partition coefficient (Wildman–Crippen LogP) is 2.41. The molecule has 0 saturated heterocycles. The van der Waals surface area contributed by atoms with Gasteiger partial charge in [-0.05, 0) is 29.7 Å². The number of nitro groups is 1. The molecule has 0 atom stereocenters. The van der Waals surface area contributed by atoms with E-state index >= 15 is 0 Å². The van der Waals surface area contributed by atoms with E-state index in [1.807, 2.05) is 30.3 Å². The van der Waals surface area contributed by atoms with E-state index in [1.54, 1.807) is 13.0 Å². The summed E-state index contributed by atoms with van der Waals surface area (Å²) in [4.78, 5) is 26.2. The van der Waals surface area contributed by atoms with E-state index < -0.39 is 10.9 Å². The van der Waals surface area contributed by atoms with Gasteiger partial charge in [-0.25, -0.2) is 0 Å². The SMILES string of the molecule is Cc1nc2ccc([N+](=O)[O-])cc2c(-c2ccccc2)c1CC(=O)[O-]. The number of aliphatic carboxylic acids is 1. The van der Waals surface area contributed by atoms with Crippen molar-refractivity contribution in [3.63, 3.8) is 0 Å². The fraction of sp³-hybridized carbons (Fsp3) is 0.111. The van der Waals surface area contributed by atoms with Gasteiger partial charge in [0.2, 0.25) is 0 Å².